The summed E-state index contributed by atoms with van der Waals surface area (Å²) in [5, 5.41) is 0. The minimum atomic E-state index is -4.92. The van der Waals surface area contributed by atoms with E-state index < -0.39 is 27.2 Å². The molecule has 0 aromatic rings. The summed E-state index contributed by atoms with van der Waals surface area (Å²) in [6.07, 6.45) is 0. The lowest BCUT2D eigenvalue weighted by Crippen LogP contribution is -2.38. The van der Waals surface area contributed by atoms with Crippen LogP contribution in [0.2, 0.25) is 0 Å². The van der Waals surface area contributed by atoms with E-state index in [1.54, 1.807) is 0 Å². The van der Waals surface area contributed by atoms with Gasteiger partial charge in [-0.1, -0.05) is 13.8 Å². The van der Waals surface area contributed by atoms with Gasteiger partial charge in [0.05, 0.1) is 0 Å². The molecule has 0 aliphatic carbocycles. The van der Waals surface area contributed by atoms with E-state index in [9.17, 15) is 16.8 Å². The standard InChI is InChI=1S/C4H11NO6S2/c1-4(2)3-5(12(6,7)8)13(9,10)11/h4H,3H2,1-2H3,(H,6,7,8)(H,9,10,11). The molecule has 2 N–H and O–H groups in total. The molecule has 0 rings (SSSR count). The molecule has 0 unspecified atom stereocenters. The average Bonchev–Trinajstić information content (AvgIpc) is 1.77. The first-order chi connectivity index (χ1) is 5.55. The number of rotatable bonds is 4. The van der Waals surface area contributed by atoms with Gasteiger partial charge >= 0.3 is 20.6 Å². The molecular weight excluding hydrogens is 222 g/mol. The molecule has 0 fully saturated rings. The predicted molar refractivity (Wildman–Crippen MR) is 44.6 cm³/mol. The molecule has 0 saturated heterocycles. The van der Waals surface area contributed by atoms with Crippen molar-refractivity contribution in [2.24, 2.45) is 5.92 Å². The molecule has 0 atom stereocenters. The van der Waals surface area contributed by atoms with Gasteiger partial charge in [-0.3, -0.25) is 9.11 Å². The highest BCUT2D eigenvalue weighted by molar-refractivity contribution is 7.98. The molecule has 0 aromatic carbocycles. The summed E-state index contributed by atoms with van der Waals surface area (Å²) in [5.41, 5.74) is 0. The highest BCUT2D eigenvalue weighted by atomic mass is 32.3. The molecule has 0 bridgehead atoms. The van der Waals surface area contributed by atoms with Crippen LogP contribution in [-0.2, 0) is 20.6 Å². The minimum Gasteiger partial charge on any atom is -0.273 e. The van der Waals surface area contributed by atoms with E-state index in [2.05, 4.69) is 0 Å². The normalized spacial score (nSPS) is 14.0. The smallest absolute Gasteiger partial charge is 0.273 e. The van der Waals surface area contributed by atoms with E-state index in [1.165, 1.54) is 13.8 Å². The van der Waals surface area contributed by atoms with Crippen LogP contribution in [0.25, 0.3) is 0 Å². The fraction of sp³-hybridized carbons (Fsp3) is 1.00. The van der Waals surface area contributed by atoms with Gasteiger partial charge in [0.25, 0.3) is 0 Å². The average molecular weight is 233 g/mol. The number of hydrogen-bond donors (Lipinski definition) is 2. The Labute approximate surface area is 77.1 Å². The molecule has 0 heterocycles. The summed E-state index contributed by atoms with van der Waals surface area (Å²) in [4.78, 5) is 0. The zero-order valence-electron chi connectivity index (χ0n) is 7.08. The molecule has 13 heavy (non-hydrogen) atoms. The molecule has 0 amide bonds. The topological polar surface area (TPSA) is 112 Å². The van der Waals surface area contributed by atoms with E-state index in [1.807, 2.05) is 0 Å². The third-order valence-corrected chi connectivity index (χ3v) is 3.49. The van der Waals surface area contributed by atoms with Gasteiger partial charge in [-0.2, -0.15) is 16.8 Å². The van der Waals surface area contributed by atoms with Gasteiger partial charge < -0.3 is 0 Å². The minimum absolute atomic E-state index is 0.344. The summed E-state index contributed by atoms with van der Waals surface area (Å²) in [5.74, 6) is -0.344. The molecule has 7 nitrogen and oxygen atoms in total. The van der Waals surface area contributed by atoms with Gasteiger partial charge in [0, 0.05) is 6.54 Å². The van der Waals surface area contributed by atoms with Crippen molar-refractivity contribution < 1.29 is 25.9 Å². The summed E-state index contributed by atoms with van der Waals surface area (Å²) >= 11 is 0. The zero-order valence-corrected chi connectivity index (χ0v) is 8.71. The summed E-state index contributed by atoms with van der Waals surface area (Å²) in [6, 6.07) is 0. The highest BCUT2D eigenvalue weighted by Gasteiger charge is 2.31. The summed E-state index contributed by atoms with van der Waals surface area (Å²) < 4.78 is 58.3. The molecule has 0 saturated carbocycles. The Kier molecular flexibility index (Phi) is 3.82. The lowest BCUT2D eigenvalue weighted by atomic mass is 10.2. The van der Waals surface area contributed by atoms with Crippen LogP contribution >= 0.6 is 0 Å². The van der Waals surface area contributed by atoms with Gasteiger partial charge in [0.1, 0.15) is 0 Å². The second-order valence-corrected chi connectivity index (χ2v) is 5.71. The Morgan fingerprint density at radius 3 is 1.46 bits per heavy atom. The van der Waals surface area contributed by atoms with Crippen LogP contribution in [0.5, 0.6) is 0 Å². The Hall–Kier alpha value is -0.220. The molecule has 0 aliphatic heterocycles. The first-order valence-electron chi connectivity index (χ1n) is 3.28. The first kappa shape index (κ1) is 12.8. The maximum absolute atomic E-state index is 10.5. The van der Waals surface area contributed by atoms with E-state index in [0.29, 0.717) is 0 Å². The van der Waals surface area contributed by atoms with Crippen molar-refractivity contribution in [3.05, 3.63) is 0 Å². The Bertz CT molecular complexity index is 322. The maximum Gasteiger partial charge on any atom is 0.351 e. The number of hydrogen-bond acceptors (Lipinski definition) is 4. The fourth-order valence-corrected chi connectivity index (χ4v) is 2.53. The molecule has 0 spiro atoms. The Morgan fingerprint density at radius 2 is 1.38 bits per heavy atom. The molecule has 0 radical (unpaired) electrons. The number of nitrogens with zero attached hydrogens (tertiary/aromatic N) is 1. The van der Waals surface area contributed by atoms with E-state index in [4.69, 9.17) is 9.11 Å². The monoisotopic (exact) mass is 233 g/mol. The van der Waals surface area contributed by atoms with Crippen LogP contribution < -0.4 is 0 Å². The molecule has 0 aliphatic rings. The first-order valence-corrected chi connectivity index (χ1v) is 6.07. The highest BCUT2D eigenvalue weighted by Crippen LogP contribution is 2.08. The Balaban J connectivity index is 5.03. The van der Waals surface area contributed by atoms with Crippen molar-refractivity contribution in [2.45, 2.75) is 13.8 Å². The van der Waals surface area contributed by atoms with Gasteiger partial charge in [-0.15, -0.1) is 0 Å². The lowest BCUT2D eigenvalue weighted by molar-refractivity contribution is 0.364. The second-order valence-electron chi connectivity index (χ2n) is 2.80. The third-order valence-electron chi connectivity index (χ3n) is 1.03. The Morgan fingerprint density at radius 1 is 1.08 bits per heavy atom. The van der Waals surface area contributed by atoms with Crippen molar-refractivity contribution in [3.8, 4) is 0 Å². The van der Waals surface area contributed by atoms with E-state index in [-0.39, 0.29) is 9.63 Å². The van der Waals surface area contributed by atoms with Crippen molar-refractivity contribution in [1.29, 1.82) is 0 Å². The van der Waals surface area contributed by atoms with Crippen LogP contribution in [0.4, 0.5) is 0 Å². The van der Waals surface area contributed by atoms with Gasteiger partial charge in [-0.25, -0.2) is 0 Å². The molecule has 9 heteroatoms. The maximum atomic E-state index is 10.5. The SMILES string of the molecule is CC(C)CN(S(=O)(=O)O)S(=O)(=O)O. The lowest BCUT2D eigenvalue weighted by Gasteiger charge is -2.16. The van der Waals surface area contributed by atoms with Gasteiger partial charge in [0.15, 0.2) is 0 Å². The van der Waals surface area contributed by atoms with Crippen LogP contribution in [-0.4, -0.2) is 36.2 Å². The largest absolute Gasteiger partial charge is 0.351 e. The molecular formula is C4H11NO6S2. The van der Waals surface area contributed by atoms with Crippen LogP contribution in [0.1, 0.15) is 13.8 Å². The van der Waals surface area contributed by atoms with Crippen LogP contribution in [0.3, 0.4) is 0 Å². The van der Waals surface area contributed by atoms with Gasteiger partial charge in [-0.05, 0) is 9.63 Å². The van der Waals surface area contributed by atoms with Crippen LogP contribution in [0.15, 0.2) is 0 Å². The van der Waals surface area contributed by atoms with Crippen LogP contribution in [0, 0.1) is 5.92 Å². The quantitative estimate of drug-likeness (QED) is 0.636. The summed E-state index contributed by atoms with van der Waals surface area (Å²) in [6.45, 7) is 2.56. The molecule has 0 aromatic heterocycles. The predicted octanol–water partition coefficient (Wildman–Crippen LogP) is -0.450. The third kappa shape index (κ3) is 4.52. The van der Waals surface area contributed by atoms with E-state index >= 15 is 0 Å². The van der Waals surface area contributed by atoms with Crippen molar-refractivity contribution in [2.75, 3.05) is 6.54 Å². The van der Waals surface area contributed by atoms with Crippen molar-refractivity contribution >= 4 is 20.6 Å². The zero-order chi connectivity index (χ0) is 10.9. The fourth-order valence-electron chi connectivity index (χ4n) is 0.606. The molecule has 80 valence electrons. The van der Waals surface area contributed by atoms with Crippen molar-refractivity contribution in [3.63, 3.8) is 0 Å². The summed E-state index contributed by atoms with van der Waals surface area (Å²) in [7, 11) is -9.84. The van der Waals surface area contributed by atoms with Gasteiger partial charge in [0.2, 0.25) is 0 Å². The second kappa shape index (κ2) is 3.88. The van der Waals surface area contributed by atoms with E-state index in [0.717, 1.165) is 0 Å². The van der Waals surface area contributed by atoms with Crippen molar-refractivity contribution in [1.82, 2.24) is 3.71 Å².